The summed E-state index contributed by atoms with van der Waals surface area (Å²) in [6.07, 6.45) is -1.07. The molecule has 0 aliphatic carbocycles. The van der Waals surface area contributed by atoms with Gasteiger partial charge >= 0.3 is 5.97 Å². The minimum atomic E-state index is -1.07. The summed E-state index contributed by atoms with van der Waals surface area (Å²) in [6.45, 7) is 0. The molecule has 0 radical (unpaired) electrons. The standard InChI is InChI=1S/C8H6O3/c9-7-5-3-1-2-4-6(5)8(10)11-7/h1-4,7,9H/t7-/m1/s1. The number of hydrogen-bond donors (Lipinski definition) is 1. The number of ether oxygens (including phenoxy) is 1. The highest BCUT2D eigenvalue weighted by Gasteiger charge is 2.28. The Kier molecular flexibility index (Phi) is 1.20. The Hall–Kier alpha value is -1.35. The van der Waals surface area contributed by atoms with E-state index in [1.54, 1.807) is 24.3 Å². The van der Waals surface area contributed by atoms with Crippen LogP contribution in [0, 0.1) is 0 Å². The second-order valence-electron chi connectivity index (χ2n) is 2.34. The molecule has 0 saturated heterocycles. The van der Waals surface area contributed by atoms with Gasteiger partial charge in [-0.25, -0.2) is 4.79 Å². The minimum Gasteiger partial charge on any atom is -0.428 e. The monoisotopic (exact) mass is 150 g/mol. The molecule has 0 spiro atoms. The number of carbonyl (C=O) groups excluding carboxylic acids is 1. The number of rotatable bonds is 0. The zero-order valence-electron chi connectivity index (χ0n) is 5.65. The van der Waals surface area contributed by atoms with E-state index in [1.807, 2.05) is 0 Å². The van der Waals surface area contributed by atoms with Crippen LogP contribution in [0.15, 0.2) is 24.3 Å². The number of esters is 1. The molecule has 11 heavy (non-hydrogen) atoms. The van der Waals surface area contributed by atoms with Crippen LogP contribution >= 0.6 is 0 Å². The lowest BCUT2D eigenvalue weighted by molar-refractivity contribution is -0.0547. The molecule has 1 atom stereocenters. The van der Waals surface area contributed by atoms with Crippen molar-refractivity contribution in [2.75, 3.05) is 0 Å². The van der Waals surface area contributed by atoms with E-state index in [9.17, 15) is 4.79 Å². The van der Waals surface area contributed by atoms with Gasteiger partial charge in [0.25, 0.3) is 0 Å². The van der Waals surface area contributed by atoms with Crippen LogP contribution in [0.2, 0.25) is 0 Å². The third kappa shape index (κ3) is 0.816. The Bertz CT molecular complexity index is 306. The van der Waals surface area contributed by atoms with Crippen molar-refractivity contribution in [2.24, 2.45) is 0 Å². The molecule has 1 aliphatic heterocycles. The maximum Gasteiger partial charge on any atom is 0.341 e. The average Bonchev–Trinajstić information content (AvgIpc) is 2.30. The van der Waals surface area contributed by atoms with E-state index < -0.39 is 12.3 Å². The Morgan fingerprint density at radius 2 is 2.09 bits per heavy atom. The van der Waals surface area contributed by atoms with Gasteiger partial charge in [-0.1, -0.05) is 18.2 Å². The highest BCUT2D eigenvalue weighted by Crippen LogP contribution is 2.27. The normalized spacial score (nSPS) is 21.2. The second-order valence-corrected chi connectivity index (χ2v) is 2.34. The van der Waals surface area contributed by atoms with Crippen molar-refractivity contribution in [1.29, 1.82) is 0 Å². The molecule has 3 heteroatoms. The molecule has 0 saturated carbocycles. The first kappa shape index (κ1) is 6.37. The molecule has 1 aliphatic rings. The van der Waals surface area contributed by atoms with Gasteiger partial charge < -0.3 is 9.84 Å². The van der Waals surface area contributed by atoms with E-state index in [1.165, 1.54) is 0 Å². The van der Waals surface area contributed by atoms with Gasteiger partial charge in [-0.05, 0) is 6.07 Å². The molecule has 0 unspecified atom stereocenters. The van der Waals surface area contributed by atoms with Gasteiger partial charge in [-0.2, -0.15) is 0 Å². The summed E-state index contributed by atoms with van der Waals surface area (Å²) in [5, 5.41) is 9.11. The number of hydrogen-bond acceptors (Lipinski definition) is 3. The topological polar surface area (TPSA) is 46.5 Å². The van der Waals surface area contributed by atoms with Crippen molar-refractivity contribution in [3.63, 3.8) is 0 Å². The maximum atomic E-state index is 10.9. The number of benzene rings is 1. The quantitative estimate of drug-likeness (QED) is 0.557. The van der Waals surface area contributed by atoms with Gasteiger partial charge in [0, 0.05) is 5.56 Å². The van der Waals surface area contributed by atoms with Crippen LogP contribution in [0.5, 0.6) is 0 Å². The number of aliphatic hydroxyl groups is 1. The first-order valence-corrected chi connectivity index (χ1v) is 3.27. The number of aliphatic hydroxyl groups excluding tert-OH is 1. The first-order valence-electron chi connectivity index (χ1n) is 3.27. The Balaban J connectivity index is 2.60. The van der Waals surface area contributed by atoms with E-state index in [-0.39, 0.29) is 0 Å². The predicted molar refractivity (Wildman–Crippen MR) is 36.8 cm³/mol. The molecule has 0 aromatic heterocycles. The molecular formula is C8H6O3. The number of cyclic esters (lactones) is 1. The van der Waals surface area contributed by atoms with Gasteiger partial charge in [0.2, 0.25) is 6.29 Å². The Morgan fingerprint density at radius 3 is 2.82 bits per heavy atom. The molecule has 0 amide bonds. The molecule has 1 heterocycles. The summed E-state index contributed by atoms with van der Waals surface area (Å²) in [7, 11) is 0. The van der Waals surface area contributed by atoms with Crippen LogP contribution in [0.25, 0.3) is 0 Å². The average molecular weight is 150 g/mol. The van der Waals surface area contributed by atoms with E-state index in [0.717, 1.165) is 0 Å². The summed E-state index contributed by atoms with van der Waals surface area (Å²) in [5.41, 5.74) is 1.01. The van der Waals surface area contributed by atoms with E-state index in [2.05, 4.69) is 4.74 Å². The van der Waals surface area contributed by atoms with Crippen molar-refractivity contribution in [2.45, 2.75) is 6.29 Å². The predicted octanol–water partition coefficient (Wildman–Crippen LogP) is 0.848. The summed E-state index contributed by atoms with van der Waals surface area (Å²) in [4.78, 5) is 10.9. The lowest BCUT2D eigenvalue weighted by Crippen LogP contribution is -1.95. The lowest BCUT2D eigenvalue weighted by Gasteiger charge is -1.98. The highest BCUT2D eigenvalue weighted by molar-refractivity contribution is 5.93. The first-order chi connectivity index (χ1) is 5.29. The van der Waals surface area contributed by atoms with Crippen molar-refractivity contribution in [3.05, 3.63) is 35.4 Å². The van der Waals surface area contributed by atoms with Gasteiger partial charge in [-0.3, -0.25) is 0 Å². The minimum absolute atomic E-state index is 0.451. The van der Waals surface area contributed by atoms with E-state index in [0.29, 0.717) is 11.1 Å². The molecule has 1 N–H and O–H groups in total. The van der Waals surface area contributed by atoms with Crippen LogP contribution in [-0.2, 0) is 4.74 Å². The summed E-state index contributed by atoms with van der Waals surface area (Å²) >= 11 is 0. The van der Waals surface area contributed by atoms with Crippen LogP contribution in [0.1, 0.15) is 22.2 Å². The fourth-order valence-electron chi connectivity index (χ4n) is 1.13. The van der Waals surface area contributed by atoms with E-state index in [4.69, 9.17) is 5.11 Å². The van der Waals surface area contributed by atoms with E-state index >= 15 is 0 Å². The number of carbonyl (C=O) groups is 1. The van der Waals surface area contributed by atoms with Crippen molar-refractivity contribution >= 4 is 5.97 Å². The fourth-order valence-corrected chi connectivity index (χ4v) is 1.13. The highest BCUT2D eigenvalue weighted by atomic mass is 16.6. The Morgan fingerprint density at radius 1 is 1.36 bits per heavy atom. The van der Waals surface area contributed by atoms with Gasteiger partial charge in [0.15, 0.2) is 0 Å². The second kappa shape index (κ2) is 2.07. The molecule has 3 nitrogen and oxygen atoms in total. The SMILES string of the molecule is O=C1O[C@@H](O)c2ccccc21. The zero-order valence-corrected chi connectivity index (χ0v) is 5.65. The van der Waals surface area contributed by atoms with Gasteiger partial charge in [-0.15, -0.1) is 0 Å². The molecule has 2 rings (SSSR count). The molecule has 1 aromatic rings. The lowest BCUT2D eigenvalue weighted by atomic mass is 10.1. The van der Waals surface area contributed by atoms with Crippen molar-refractivity contribution < 1.29 is 14.6 Å². The molecule has 1 aromatic carbocycles. The van der Waals surface area contributed by atoms with Crippen LogP contribution < -0.4 is 0 Å². The summed E-state index contributed by atoms with van der Waals surface area (Å²) in [6, 6.07) is 6.79. The van der Waals surface area contributed by atoms with Gasteiger partial charge in [0.1, 0.15) is 0 Å². The number of fused-ring (bicyclic) bond motifs is 1. The molecule has 56 valence electrons. The summed E-state index contributed by atoms with van der Waals surface area (Å²) in [5.74, 6) is -0.451. The van der Waals surface area contributed by atoms with Crippen molar-refractivity contribution in [1.82, 2.24) is 0 Å². The fraction of sp³-hybridized carbons (Fsp3) is 0.125. The van der Waals surface area contributed by atoms with Crippen LogP contribution in [0.3, 0.4) is 0 Å². The third-order valence-corrected chi connectivity index (χ3v) is 1.67. The molecule has 0 bridgehead atoms. The maximum absolute atomic E-state index is 10.9. The van der Waals surface area contributed by atoms with Crippen LogP contribution in [0.4, 0.5) is 0 Å². The Labute approximate surface area is 63.2 Å². The third-order valence-electron chi connectivity index (χ3n) is 1.67. The largest absolute Gasteiger partial charge is 0.428 e. The van der Waals surface area contributed by atoms with Gasteiger partial charge in [0.05, 0.1) is 5.56 Å². The van der Waals surface area contributed by atoms with Crippen LogP contribution in [-0.4, -0.2) is 11.1 Å². The zero-order chi connectivity index (χ0) is 7.84. The van der Waals surface area contributed by atoms with Crippen molar-refractivity contribution in [3.8, 4) is 0 Å². The smallest absolute Gasteiger partial charge is 0.341 e. The summed E-state index contributed by atoms with van der Waals surface area (Å²) < 4.78 is 4.55. The molecular weight excluding hydrogens is 144 g/mol. The molecule has 0 fully saturated rings.